The largest absolute Gasteiger partial charge is 0.376 e. The van der Waals surface area contributed by atoms with Crippen molar-refractivity contribution in [1.29, 1.82) is 0 Å². The normalized spacial score (nSPS) is 21.9. The number of piperazine rings is 1. The molecule has 136 valence electrons. The molecular formula is C19H27N3O3. The van der Waals surface area contributed by atoms with Gasteiger partial charge in [0.2, 0.25) is 0 Å². The van der Waals surface area contributed by atoms with Crippen LogP contribution in [0.2, 0.25) is 0 Å². The molecule has 0 aromatic heterocycles. The van der Waals surface area contributed by atoms with Crippen LogP contribution in [-0.2, 0) is 4.74 Å². The quantitative estimate of drug-likeness (QED) is 0.851. The van der Waals surface area contributed by atoms with E-state index in [1.807, 2.05) is 36.1 Å². The Kier molecular flexibility index (Phi) is 5.58. The van der Waals surface area contributed by atoms with E-state index in [1.165, 1.54) is 0 Å². The Balaban J connectivity index is 1.49. The minimum Gasteiger partial charge on any atom is -0.376 e. The number of urea groups is 1. The van der Waals surface area contributed by atoms with Crippen LogP contribution in [-0.4, -0.2) is 61.6 Å². The molecule has 6 nitrogen and oxygen atoms in total. The lowest BCUT2D eigenvalue weighted by atomic mass is 10.1. The lowest BCUT2D eigenvalue weighted by Crippen LogP contribution is -2.54. The zero-order valence-corrected chi connectivity index (χ0v) is 15.0. The third-order valence-corrected chi connectivity index (χ3v) is 5.08. The predicted molar refractivity (Wildman–Crippen MR) is 97.2 cm³/mol. The summed E-state index contributed by atoms with van der Waals surface area (Å²) >= 11 is 0. The molecule has 6 heteroatoms. The first-order valence-corrected chi connectivity index (χ1v) is 9.07. The molecule has 0 saturated carbocycles. The van der Waals surface area contributed by atoms with Crippen molar-refractivity contribution < 1.29 is 14.3 Å². The second-order valence-electron chi connectivity index (χ2n) is 6.87. The summed E-state index contributed by atoms with van der Waals surface area (Å²) in [4.78, 5) is 27.9. The number of carbonyl (C=O) groups excluding carboxylic acids is 2. The third-order valence-electron chi connectivity index (χ3n) is 5.08. The minimum absolute atomic E-state index is 0.00502. The highest BCUT2D eigenvalue weighted by Crippen LogP contribution is 2.19. The summed E-state index contributed by atoms with van der Waals surface area (Å²) < 4.78 is 5.64. The molecule has 2 saturated heterocycles. The van der Waals surface area contributed by atoms with Crippen LogP contribution in [0, 0.1) is 0 Å². The number of hydrogen-bond donors (Lipinski definition) is 1. The molecule has 1 N–H and O–H groups in total. The van der Waals surface area contributed by atoms with E-state index in [0.29, 0.717) is 13.1 Å². The molecule has 0 bridgehead atoms. The van der Waals surface area contributed by atoms with Crippen molar-refractivity contribution in [3.05, 3.63) is 29.8 Å². The minimum atomic E-state index is -0.00502. The second-order valence-corrected chi connectivity index (χ2v) is 6.87. The zero-order chi connectivity index (χ0) is 17.8. The maximum atomic E-state index is 12.4. The van der Waals surface area contributed by atoms with Crippen molar-refractivity contribution >= 4 is 17.5 Å². The van der Waals surface area contributed by atoms with Crippen LogP contribution >= 0.6 is 0 Å². The highest BCUT2D eigenvalue weighted by atomic mass is 16.5. The van der Waals surface area contributed by atoms with Crippen molar-refractivity contribution in [3.8, 4) is 0 Å². The molecule has 0 radical (unpaired) electrons. The molecule has 0 spiro atoms. The number of Topliss-reactive ketones (excluding diaryl/α,β-unsaturated/α-hetero) is 1. The molecule has 2 fully saturated rings. The van der Waals surface area contributed by atoms with Gasteiger partial charge in [-0.1, -0.05) is 0 Å². The summed E-state index contributed by atoms with van der Waals surface area (Å²) in [6.45, 7) is 7.36. The summed E-state index contributed by atoms with van der Waals surface area (Å²) in [5, 5.41) is 3.07. The Morgan fingerprint density at radius 3 is 2.40 bits per heavy atom. The number of anilines is 1. The Hall–Kier alpha value is -2.08. The van der Waals surface area contributed by atoms with Gasteiger partial charge in [0.1, 0.15) is 0 Å². The van der Waals surface area contributed by atoms with Crippen molar-refractivity contribution in [3.63, 3.8) is 0 Å². The average molecular weight is 345 g/mol. The van der Waals surface area contributed by atoms with Crippen LogP contribution in [0.3, 0.4) is 0 Å². The summed E-state index contributed by atoms with van der Waals surface area (Å²) in [5.74, 6) is 0.0772. The van der Waals surface area contributed by atoms with Gasteiger partial charge in [-0.2, -0.15) is 0 Å². The Labute approximate surface area is 149 Å². The fraction of sp³-hybridized carbons (Fsp3) is 0.579. The Morgan fingerprint density at radius 2 is 1.84 bits per heavy atom. The van der Waals surface area contributed by atoms with Crippen molar-refractivity contribution in [2.24, 2.45) is 0 Å². The van der Waals surface area contributed by atoms with Crippen LogP contribution < -0.4 is 10.2 Å². The number of nitrogens with one attached hydrogen (secondary N) is 1. The van der Waals surface area contributed by atoms with E-state index in [-0.39, 0.29) is 24.0 Å². The highest BCUT2D eigenvalue weighted by molar-refractivity contribution is 5.94. The van der Waals surface area contributed by atoms with E-state index in [9.17, 15) is 9.59 Å². The standard InChI is InChI=1S/C19H27N3O3/c1-14(18-4-3-13-25-18)20-19(24)22-11-9-21(10-12-22)17-7-5-16(6-8-17)15(2)23/h5-8,14,18H,3-4,9-13H2,1-2H3,(H,20,24)/t14-,18-/m1/s1. The zero-order valence-electron chi connectivity index (χ0n) is 15.0. The smallest absolute Gasteiger partial charge is 0.317 e. The van der Waals surface area contributed by atoms with Gasteiger partial charge in [0.15, 0.2) is 5.78 Å². The maximum Gasteiger partial charge on any atom is 0.317 e. The van der Waals surface area contributed by atoms with Crippen molar-refractivity contribution in [1.82, 2.24) is 10.2 Å². The number of hydrogen-bond acceptors (Lipinski definition) is 4. The number of benzene rings is 1. The van der Waals surface area contributed by atoms with Crippen LogP contribution in [0.1, 0.15) is 37.0 Å². The van der Waals surface area contributed by atoms with Gasteiger partial charge in [0.05, 0.1) is 12.1 Å². The molecule has 2 aliphatic heterocycles. The fourth-order valence-electron chi connectivity index (χ4n) is 3.45. The van der Waals surface area contributed by atoms with Crippen molar-refractivity contribution in [2.75, 3.05) is 37.7 Å². The van der Waals surface area contributed by atoms with Gasteiger partial charge in [-0.05, 0) is 51.0 Å². The van der Waals surface area contributed by atoms with E-state index in [1.54, 1.807) is 6.92 Å². The van der Waals surface area contributed by atoms with Crippen LogP contribution in [0.5, 0.6) is 0 Å². The van der Waals surface area contributed by atoms with Gasteiger partial charge >= 0.3 is 6.03 Å². The number of rotatable bonds is 4. The fourth-order valence-corrected chi connectivity index (χ4v) is 3.45. The molecule has 2 atom stereocenters. The molecule has 2 heterocycles. The third kappa shape index (κ3) is 4.31. The van der Waals surface area contributed by atoms with Crippen LogP contribution in [0.25, 0.3) is 0 Å². The molecule has 1 aromatic carbocycles. The lowest BCUT2D eigenvalue weighted by molar-refractivity contribution is 0.0831. The van der Waals surface area contributed by atoms with Gasteiger partial charge in [-0.25, -0.2) is 4.79 Å². The number of nitrogens with zero attached hydrogens (tertiary/aromatic N) is 2. The molecule has 0 unspecified atom stereocenters. The van der Waals surface area contributed by atoms with E-state index in [4.69, 9.17) is 4.74 Å². The molecule has 1 aromatic rings. The summed E-state index contributed by atoms with van der Waals surface area (Å²) in [6, 6.07) is 7.72. The molecule has 2 amide bonds. The maximum absolute atomic E-state index is 12.4. The van der Waals surface area contributed by atoms with E-state index in [0.717, 1.165) is 43.8 Å². The Morgan fingerprint density at radius 1 is 1.16 bits per heavy atom. The molecule has 25 heavy (non-hydrogen) atoms. The van der Waals surface area contributed by atoms with E-state index in [2.05, 4.69) is 10.2 Å². The summed E-state index contributed by atoms with van der Waals surface area (Å²) in [7, 11) is 0. The Bertz CT molecular complexity index is 603. The predicted octanol–water partition coefficient (Wildman–Crippen LogP) is 2.29. The number of carbonyl (C=O) groups is 2. The first-order chi connectivity index (χ1) is 12.0. The van der Waals surface area contributed by atoms with E-state index < -0.39 is 0 Å². The van der Waals surface area contributed by atoms with E-state index >= 15 is 0 Å². The van der Waals surface area contributed by atoms with Crippen LogP contribution in [0.4, 0.5) is 10.5 Å². The van der Waals surface area contributed by atoms with Gasteiger partial charge in [0, 0.05) is 44.0 Å². The first kappa shape index (κ1) is 17.7. The highest BCUT2D eigenvalue weighted by Gasteiger charge is 2.27. The molecule has 3 rings (SSSR count). The number of amides is 2. The van der Waals surface area contributed by atoms with Crippen molar-refractivity contribution in [2.45, 2.75) is 38.8 Å². The number of ether oxygens (including phenoxy) is 1. The van der Waals surface area contributed by atoms with Gasteiger partial charge < -0.3 is 19.9 Å². The first-order valence-electron chi connectivity index (χ1n) is 9.07. The summed E-state index contributed by atoms with van der Waals surface area (Å²) in [5.41, 5.74) is 1.82. The summed E-state index contributed by atoms with van der Waals surface area (Å²) in [6.07, 6.45) is 2.24. The topological polar surface area (TPSA) is 61.9 Å². The van der Waals surface area contributed by atoms with Gasteiger partial charge in [0.25, 0.3) is 0 Å². The average Bonchev–Trinajstić information content (AvgIpc) is 3.17. The number of ketones is 1. The second kappa shape index (κ2) is 7.87. The monoisotopic (exact) mass is 345 g/mol. The molecule has 2 aliphatic rings. The van der Waals surface area contributed by atoms with Gasteiger partial charge in [-0.3, -0.25) is 4.79 Å². The van der Waals surface area contributed by atoms with Gasteiger partial charge in [-0.15, -0.1) is 0 Å². The molecule has 0 aliphatic carbocycles. The molecular weight excluding hydrogens is 318 g/mol. The van der Waals surface area contributed by atoms with Crippen LogP contribution in [0.15, 0.2) is 24.3 Å². The SMILES string of the molecule is CC(=O)c1ccc(N2CCN(C(=O)N[C@H](C)[C@H]3CCCO3)CC2)cc1. The lowest BCUT2D eigenvalue weighted by Gasteiger charge is -2.37.